The second kappa shape index (κ2) is 7.17. The van der Waals surface area contributed by atoms with Crippen molar-refractivity contribution in [2.24, 2.45) is 5.92 Å². The van der Waals surface area contributed by atoms with Gasteiger partial charge in [-0.15, -0.1) is 0 Å². The van der Waals surface area contributed by atoms with E-state index in [2.05, 4.69) is 11.8 Å². The molecule has 1 aliphatic rings. The van der Waals surface area contributed by atoms with Gasteiger partial charge in [-0.2, -0.15) is 0 Å². The van der Waals surface area contributed by atoms with Crippen LogP contribution in [0, 0.1) is 5.92 Å². The number of unbranched alkanes of at least 4 members (excludes halogenated alkanes) is 1. The number of nitrogen functional groups attached to an aromatic ring is 1. The molecule has 20 heavy (non-hydrogen) atoms. The molecule has 4 heteroatoms. The normalized spacial score (nSPS) is 16.1. The molecule has 1 aromatic carbocycles. The monoisotopic (exact) mass is 276 g/mol. The van der Waals surface area contributed by atoms with Gasteiger partial charge in [0.05, 0.1) is 12.5 Å². The average Bonchev–Trinajstić information content (AvgIpc) is 2.48. The number of ether oxygens (including phenoxy) is 1. The number of nitrogens with zero attached hydrogens (tertiary/aromatic N) is 1. The van der Waals surface area contributed by atoms with Crippen molar-refractivity contribution in [1.29, 1.82) is 0 Å². The van der Waals surface area contributed by atoms with Gasteiger partial charge in [-0.1, -0.05) is 13.3 Å². The fourth-order valence-electron chi connectivity index (χ4n) is 2.49. The summed E-state index contributed by atoms with van der Waals surface area (Å²) in [4.78, 5) is 14.2. The molecule has 0 radical (unpaired) electrons. The van der Waals surface area contributed by atoms with Crippen molar-refractivity contribution in [1.82, 2.24) is 0 Å². The molecule has 0 atom stereocenters. The van der Waals surface area contributed by atoms with Gasteiger partial charge in [0.1, 0.15) is 0 Å². The number of rotatable bonds is 5. The Kier molecular flexibility index (Phi) is 5.27. The summed E-state index contributed by atoms with van der Waals surface area (Å²) in [5.74, 6) is 0.0484. The topological polar surface area (TPSA) is 55.6 Å². The molecule has 110 valence electrons. The molecular weight excluding hydrogens is 252 g/mol. The van der Waals surface area contributed by atoms with Crippen molar-refractivity contribution in [3.63, 3.8) is 0 Å². The van der Waals surface area contributed by atoms with Crippen molar-refractivity contribution in [3.05, 3.63) is 24.3 Å². The highest BCUT2D eigenvalue weighted by Gasteiger charge is 2.26. The van der Waals surface area contributed by atoms with Crippen molar-refractivity contribution < 1.29 is 9.53 Å². The highest BCUT2D eigenvalue weighted by Crippen LogP contribution is 2.24. The Morgan fingerprint density at radius 2 is 1.95 bits per heavy atom. The van der Waals surface area contributed by atoms with E-state index >= 15 is 0 Å². The predicted molar refractivity (Wildman–Crippen MR) is 81.7 cm³/mol. The Morgan fingerprint density at radius 1 is 1.30 bits per heavy atom. The summed E-state index contributed by atoms with van der Waals surface area (Å²) in [5.41, 5.74) is 7.65. The molecule has 0 bridgehead atoms. The second-order valence-electron chi connectivity index (χ2n) is 5.37. The first kappa shape index (κ1) is 14.7. The third-order valence-corrected chi connectivity index (χ3v) is 3.83. The van der Waals surface area contributed by atoms with Crippen LogP contribution in [0.3, 0.4) is 0 Å². The average molecular weight is 276 g/mol. The molecule has 2 rings (SSSR count). The Hall–Kier alpha value is -1.71. The molecule has 1 aromatic rings. The van der Waals surface area contributed by atoms with Crippen LogP contribution in [0.1, 0.15) is 32.6 Å². The summed E-state index contributed by atoms with van der Waals surface area (Å²) in [7, 11) is 0. The van der Waals surface area contributed by atoms with Gasteiger partial charge >= 0.3 is 5.97 Å². The van der Waals surface area contributed by atoms with E-state index in [4.69, 9.17) is 10.5 Å². The van der Waals surface area contributed by atoms with Gasteiger partial charge in [0.25, 0.3) is 0 Å². The number of piperidine rings is 1. The molecule has 0 saturated carbocycles. The molecular formula is C16H24N2O2. The quantitative estimate of drug-likeness (QED) is 0.510. The van der Waals surface area contributed by atoms with Gasteiger partial charge in [0.2, 0.25) is 0 Å². The zero-order valence-corrected chi connectivity index (χ0v) is 12.2. The third-order valence-electron chi connectivity index (χ3n) is 3.83. The zero-order valence-electron chi connectivity index (χ0n) is 12.2. The Labute approximate surface area is 120 Å². The van der Waals surface area contributed by atoms with E-state index < -0.39 is 0 Å². The van der Waals surface area contributed by atoms with Gasteiger partial charge < -0.3 is 15.4 Å². The number of carbonyl (C=O) groups excluding carboxylic acids is 1. The molecule has 2 N–H and O–H groups in total. The largest absolute Gasteiger partial charge is 0.465 e. The van der Waals surface area contributed by atoms with Crippen LogP contribution in [-0.4, -0.2) is 25.7 Å². The zero-order chi connectivity index (χ0) is 14.4. The van der Waals surface area contributed by atoms with E-state index in [1.54, 1.807) is 0 Å². The lowest BCUT2D eigenvalue weighted by Crippen LogP contribution is -2.37. The number of nitrogens with two attached hydrogens (primary N) is 1. The van der Waals surface area contributed by atoms with Crippen molar-refractivity contribution in [3.8, 4) is 0 Å². The van der Waals surface area contributed by atoms with Crippen LogP contribution in [0.4, 0.5) is 11.4 Å². The molecule has 1 aliphatic heterocycles. The highest BCUT2D eigenvalue weighted by molar-refractivity contribution is 5.73. The minimum Gasteiger partial charge on any atom is -0.465 e. The molecule has 0 amide bonds. The maximum absolute atomic E-state index is 11.9. The lowest BCUT2D eigenvalue weighted by molar-refractivity contribution is -0.149. The van der Waals surface area contributed by atoms with Crippen LogP contribution in [0.15, 0.2) is 24.3 Å². The number of esters is 1. The van der Waals surface area contributed by atoms with Crippen LogP contribution in [0.2, 0.25) is 0 Å². The minimum atomic E-state index is -0.0181. The van der Waals surface area contributed by atoms with Crippen LogP contribution >= 0.6 is 0 Å². The summed E-state index contributed by atoms with van der Waals surface area (Å²) >= 11 is 0. The number of benzene rings is 1. The van der Waals surface area contributed by atoms with E-state index in [0.29, 0.717) is 6.61 Å². The maximum Gasteiger partial charge on any atom is 0.309 e. The summed E-state index contributed by atoms with van der Waals surface area (Å²) < 4.78 is 5.30. The summed E-state index contributed by atoms with van der Waals surface area (Å²) in [6, 6.07) is 7.91. The van der Waals surface area contributed by atoms with E-state index in [1.807, 2.05) is 24.3 Å². The number of carbonyl (C=O) groups is 1. The van der Waals surface area contributed by atoms with Gasteiger partial charge in [-0.3, -0.25) is 4.79 Å². The number of hydrogen-bond donors (Lipinski definition) is 1. The van der Waals surface area contributed by atoms with E-state index in [9.17, 15) is 4.79 Å². The van der Waals surface area contributed by atoms with Gasteiger partial charge in [-0.05, 0) is 43.5 Å². The summed E-state index contributed by atoms with van der Waals surface area (Å²) in [5, 5.41) is 0. The summed E-state index contributed by atoms with van der Waals surface area (Å²) in [6.07, 6.45) is 3.75. The van der Waals surface area contributed by atoms with E-state index in [1.165, 1.54) is 5.69 Å². The first-order valence-electron chi connectivity index (χ1n) is 7.48. The molecule has 1 fully saturated rings. The van der Waals surface area contributed by atoms with Crippen molar-refractivity contribution >= 4 is 17.3 Å². The minimum absolute atomic E-state index is 0.0181. The SMILES string of the molecule is CCCCOC(=O)C1CCN(c2ccc(N)cc2)CC1. The van der Waals surface area contributed by atoms with E-state index in [-0.39, 0.29) is 11.9 Å². The van der Waals surface area contributed by atoms with Gasteiger partial charge in [-0.25, -0.2) is 0 Å². The molecule has 0 spiro atoms. The molecule has 4 nitrogen and oxygen atoms in total. The molecule has 0 unspecified atom stereocenters. The van der Waals surface area contributed by atoms with Crippen molar-refractivity contribution in [2.45, 2.75) is 32.6 Å². The van der Waals surface area contributed by atoms with Crippen LogP contribution in [0.5, 0.6) is 0 Å². The van der Waals surface area contributed by atoms with Crippen molar-refractivity contribution in [2.75, 3.05) is 30.3 Å². The molecule has 0 aromatic heterocycles. The maximum atomic E-state index is 11.9. The van der Waals surface area contributed by atoms with E-state index in [0.717, 1.165) is 44.5 Å². The first-order chi connectivity index (χ1) is 9.70. The smallest absolute Gasteiger partial charge is 0.309 e. The fraction of sp³-hybridized carbons (Fsp3) is 0.562. The van der Waals surface area contributed by atoms with Crippen LogP contribution in [0.25, 0.3) is 0 Å². The standard InChI is InChI=1S/C16H24N2O2/c1-2-3-12-20-16(19)13-8-10-18(11-9-13)15-6-4-14(17)5-7-15/h4-7,13H,2-3,8-12,17H2,1H3. The van der Waals surface area contributed by atoms with Crippen LogP contribution < -0.4 is 10.6 Å². The number of hydrogen-bond acceptors (Lipinski definition) is 4. The Morgan fingerprint density at radius 3 is 2.55 bits per heavy atom. The van der Waals surface area contributed by atoms with Crippen LogP contribution in [-0.2, 0) is 9.53 Å². The highest BCUT2D eigenvalue weighted by atomic mass is 16.5. The fourth-order valence-corrected chi connectivity index (χ4v) is 2.49. The Balaban J connectivity index is 1.80. The third kappa shape index (κ3) is 3.89. The Bertz CT molecular complexity index is 423. The summed E-state index contributed by atoms with van der Waals surface area (Å²) in [6.45, 7) is 4.46. The molecule has 1 saturated heterocycles. The molecule has 1 heterocycles. The number of anilines is 2. The lowest BCUT2D eigenvalue weighted by atomic mass is 9.96. The lowest BCUT2D eigenvalue weighted by Gasteiger charge is -2.32. The van der Waals surface area contributed by atoms with Gasteiger partial charge in [0, 0.05) is 24.5 Å². The first-order valence-corrected chi connectivity index (χ1v) is 7.48. The molecule has 0 aliphatic carbocycles. The van der Waals surface area contributed by atoms with Gasteiger partial charge in [0.15, 0.2) is 0 Å². The predicted octanol–water partition coefficient (Wildman–Crippen LogP) is 2.83. The second-order valence-corrected chi connectivity index (χ2v) is 5.37.